The highest BCUT2D eigenvalue weighted by Gasteiger charge is 2.22. The fourth-order valence-corrected chi connectivity index (χ4v) is 3.67. The van der Waals surface area contributed by atoms with Crippen LogP contribution in [-0.2, 0) is 10.0 Å². The highest BCUT2D eigenvalue weighted by Crippen LogP contribution is 2.17. The molecule has 1 aromatic carbocycles. The maximum absolute atomic E-state index is 12.4. The summed E-state index contributed by atoms with van der Waals surface area (Å²) in [4.78, 5) is 14.2. The van der Waals surface area contributed by atoms with Gasteiger partial charge in [0.15, 0.2) is 0 Å². The van der Waals surface area contributed by atoms with Gasteiger partial charge in [0.2, 0.25) is 10.0 Å². The molecule has 5 nitrogen and oxygen atoms in total. The normalized spacial score (nSPS) is 11.3. The smallest absolute Gasteiger partial charge is 0.254 e. The molecule has 0 fully saturated rings. The number of hydrogen-bond donors (Lipinski definition) is 0. The van der Waals surface area contributed by atoms with Crippen LogP contribution < -0.4 is 0 Å². The summed E-state index contributed by atoms with van der Waals surface area (Å²) in [5.74, 6) is -0.184. The molecule has 1 amide bonds. The summed E-state index contributed by atoms with van der Waals surface area (Å²) in [6.07, 6.45) is 3.28. The zero-order chi connectivity index (χ0) is 17.5. The summed E-state index contributed by atoms with van der Waals surface area (Å²) >= 11 is 0. The average Bonchev–Trinajstić information content (AvgIpc) is 2.55. The molecule has 23 heavy (non-hydrogen) atoms. The molecule has 0 atom stereocenters. The van der Waals surface area contributed by atoms with E-state index in [-0.39, 0.29) is 10.8 Å². The fourth-order valence-electron chi connectivity index (χ4n) is 2.22. The maximum Gasteiger partial charge on any atom is 0.254 e. The summed E-state index contributed by atoms with van der Waals surface area (Å²) in [5, 5.41) is 0. The van der Waals surface area contributed by atoms with E-state index in [0.29, 0.717) is 31.7 Å². The van der Waals surface area contributed by atoms with Gasteiger partial charge >= 0.3 is 0 Å². The SMILES string of the molecule is C=CCN(CC=C)C(=O)c1ccc(S(=O)(=O)N(CC)CC)cc1. The van der Waals surface area contributed by atoms with Crippen LogP contribution in [-0.4, -0.2) is 49.7 Å². The van der Waals surface area contributed by atoms with E-state index in [0.717, 1.165) is 0 Å². The first-order chi connectivity index (χ1) is 10.9. The van der Waals surface area contributed by atoms with Gasteiger partial charge in [-0.25, -0.2) is 8.42 Å². The Kier molecular flexibility index (Phi) is 7.19. The highest BCUT2D eigenvalue weighted by atomic mass is 32.2. The average molecular weight is 336 g/mol. The lowest BCUT2D eigenvalue weighted by Crippen LogP contribution is -2.32. The predicted octanol–water partition coefficient (Wildman–Crippen LogP) is 2.53. The molecule has 0 radical (unpaired) electrons. The van der Waals surface area contributed by atoms with E-state index in [9.17, 15) is 13.2 Å². The fraction of sp³-hybridized carbons (Fsp3) is 0.353. The van der Waals surface area contributed by atoms with Gasteiger partial charge in [-0.15, -0.1) is 13.2 Å². The zero-order valence-corrected chi connectivity index (χ0v) is 14.6. The second-order valence-electron chi connectivity index (χ2n) is 4.90. The predicted molar refractivity (Wildman–Crippen MR) is 92.8 cm³/mol. The molecule has 0 aliphatic carbocycles. The topological polar surface area (TPSA) is 57.7 Å². The van der Waals surface area contributed by atoms with Crippen LogP contribution >= 0.6 is 0 Å². The number of benzene rings is 1. The molecule has 0 aromatic heterocycles. The van der Waals surface area contributed by atoms with Crippen LogP contribution in [0.3, 0.4) is 0 Å². The molecule has 0 heterocycles. The molecule has 0 spiro atoms. The number of rotatable bonds is 9. The van der Waals surface area contributed by atoms with Crippen molar-refractivity contribution in [2.45, 2.75) is 18.7 Å². The van der Waals surface area contributed by atoms with Gasteiger partial charge in [-0.2, -0.15) is 4.31 Å². The Morgan fingerprint density at radius 3 is 1.91 bits per heavy atom. The molecule has 0 saturated carbocycles. The van der Waals surface area contributed by atoms with E-state index in [1.54, 1.807) is 30.9 Å². The van der Waals surface area contributed by atoms with Gasteiger partial charge in [0.05, 0.1) is 4.90 Å². The molecular weight excluding hydrogens is 312 g/mol. The minimum Gasteiger partial charge on any atom is -0.331 e. The van der Waals surface area contributed by atoms with Gasteiger partial charge < -0.3 is 4.90 Å². The van der Waals surface area contributed by atoms with Gasteiger partial charge in [0.25, 0.3) is 5.91 Å². The Labute approximate surface area is 139 Å². The minimum atomic E-state index is -3.51. The number of hydrogen-bond acceptors (Lipinski definition) is 3. The van der Waals surface area contributed by atoms with E-state index >= 15 is 0 Å². The second kappa shape index (κ2) is 8.64. The van der Waals surface area contributed by atoms with Gasteiger partial charge in [-0.3, -0.25) is 4.79 Å². The lowest BCUT2D eigenvalue weighted by atomic mass is 10.2. The number of amides is 1. The lowest BCUT2D eigenvalue weighted by Gasteiger charge is -2.20. The summed E-state index contributed by atoms with van der Waals surface area (Å²) in [6.45, 7) is 12.5. The van der Waals surface area contributed by atoms with Crippen molar-refractivity contribution < 1.29 is 13.2 Å². The number of sulfonamides is 1. The van der Waals surface area contributed by atoms with E-state index < -0.39 is 10.0 Å². The monoisotopic (exact) mass is 336 g/mol. The van der Waals surface area contributed by atoms with Crippen molar-refractivity contribution in [3.8, 4) is 0 Å². The minimum absolute atomic E-state index is 0.184. The van der Waals surface area contributed by atoms with Crippen molar-refractivity contribution in [3.05, 3.63) is 55.1 Å². The van der Waals surface area contributed by atoms with Crippen molar-refractivity contribution in [3.63, 3.8) is 0 Å². The summed E-state index contributed by atoms with van der Waals surface area (Å²) in [5.41, 5.74) is 0.437. The molecule has 0 unspecified atom stereocenters. The van der Waals surface area contributed by atoms with E-state index in [1.165, 1.54) is 28.6 Å². The van der Waals surface area contributed by atoms with E-state index in [1.807, 2.05) is 0 Å². The number of carbonyl (C=O) groups is 1. The van der Waals surface area contributed by atoms with E-state index in [4.69, 9.17) is 0 Å². The van der Waals surface area contributed by atoms with Crippen molar-refractivity contribution in [2.75, 3.05) is 26.2 Å². The quantitative estimate of drug-likeness (QED) is 0.651. The number of carbonyl (C=O) groups excluding carboxylic acids is 1. The summed E-state index contributed by atoms with van der Waals surface area (Å²) < 4.78 is 26.2. The summed E-state index contributed by atoms with van der Waals surface area (Å²) in [6, 6.07) is 6.03. The third-order valence-corrected chi connectivity index (χ3v) is 5.49. The molecule has 0 aliphatic heterocycles. The van der Waals surface area contributed by atoms with Crippen LogP contribution in [0.15, 0.2) is 54.5 Å². The van der Waals surface area contributed by atoms with Gasteiger partial charge in [-0.1, -0.05) is 26.0 Å². The third kappa shape index (κ3) is 4.53. The third-order valence-electron chi connectivity index (χ3n) is 3.43. The first-order valence-corrected chi connectivity index (χ1v) is 8.97. The Morgan fingerprint density at radius 2 is 1.52 bits per heavy atom. The largest absolute Gasteiger partial charge is 0.331 e. The standard InChI is InChI=1S/C17H24N2O3S/c1-5-13-18(14-6-2)17(20)15-9-11-16(12-10-15)23(21,22)19(7-3)8-4/h5-6,9-12H,1-2,7-8,13-14H2,3-4H3. The number of nitrogens with zero attached hydrogens (tertiary/aromatic N) is 2. The Hall–Kier alpha value is -1.92. The molecule has 6 heteroatoms. The van der Waals surface area contributed by atoms with Crippen molar-refractivity contribution in [2.24, 2.45) is 0 Å². The van der Waals surface area contributed by atoms with Gasteiger partial charge in [0.1, 0.15) is 0 Å². The van der Waals surface area contributed by atoms with Crippen LogP contribution in [0.4, 0.5) is 0 Å². The molecule has 0 saturated heterocycles. The molecule has 0 N–H and O–H groups in total. The van der Waals surface area contributed by atoms with Gasteiger partial charge in [0, 0.05) is 31.7 Å². The molecule has 0 bridgehead atoms. The van der Waals surface area contributed by atoms with Crippen LogP contribution in [0.25, 0.3) is 0 Å². The summed E-state index contributed by atoms with van der Waals surface area (Å²) in [7, 11) is -3.51. The highest BCUT2D eigenvalue weighted by molar-refractivity contribution is 7.89. The molecule has 0 aliphatic rings. The Morgan fingerprint density at radius 1 is 1.04 bits per heavy atom. The van der Waals surface area contributed by atoms with Crippen molar-refractivity contribution >= 4 is 15.9 Å². The maximum atomic E-state index is 12.4. The molecular formula is C17H24N2O3S. The van der Waals surface area contributed by atoms with Crippen molar-refractivity contribution in [1.29, 1.82) is 0 Å². The Bertz CT molecular complexity index is 637. The van der Waals surface area contributed by atoms with Crippen LogP contribution in [0.5, 0.6) is 0 Å². The molecule has 1 aromatic rings. The molecule has 1 rings (SSSR count). The van der Waals surface area contributed by atoms with Gasteiger partial charge in [-0.05, 0) is 24.3 Å². The zero-order valence-electron chi connectivity index (χ0n) is 13.7. The van der Waals surface area contributed by atoms with Crippen LogP contribution in [0.2, 0.25) is 0 Å². The van der Waals surface area contributed by atoms with Crippen LogP contribution in [0, 0.1) is 0 Å². The lowest BCUT2D eigenvalue weighted by molar-refractivity contribution is 0.0790. The van der Waals surface area contributed by atoms with E-state index in [2.05, 4.69) is 13.2 Å². The van der Waals surface area contributed by atoms with Crippen LogP contribution in [0.1, 0.15) is 24.2 Å². The molecule has 126 valence electrons. The first-order valence-electron chi connectivity index (χ1n) is 7.53. The second-order valence-corrected chi connectivity index (χ2v) is 6.84. The first kappa shape index (κ1) is 19.1. The van der Waals surface area contributed by atoms with Crippen molar-refractivity contribution in [1.82, 2.24) is 9.21 Å². The Balaban J connectivity index is 3.06.